The van der Waals surface area contributed by atoms with Crippen molar-refractivity contribution in [3.8, 4) is 0 Å². The highest BCUT2D eigenvalue weighted by Gasteiger charge is 2.36. The third kappa shape index (κ3) is 1.57. The second kappa shape index (κ2) is 4.21. The van der Waals surface area contributed by atoms with E-state index in [1.807, 2.05) is 31.2 Å². The van der Waals surface area contributed by atoms with E-state index in [-0.39, 0.29) is 0 Å². The summed E-state index contributed by atoms with van der Waals surface area (Å²) >= 11 is 0. The van der Waals surface area contributed by atoms with E-state index in [9.17, 15) is 5.11 Å². The first-order valence-corrected chi connectivity index (χ1v) is 6.51. The Labute approximate surface area is 107 Å². The van der Waals surface area contributed by atoms with Gasteiger partial charge in [0, 0.05) is 6.20 Å². The molecule has 2 aromatic rings. The molecular formula is C16H17NO. The first kappa shape index (κ1) is 11.4. The standard InChI is InChI=1S/C16H17NO/c1-2-16(18)14-8-4-3-6-12(14)9-10-13-7-5-11-17-15(13)16/h3-8,11,18H,2,9-10H2,1H3/t16-/m1/s1. The van der Waals surface area contributed by atoms with Crippen LogP contribution < -0.4 is 0 Å². The Balaban J connectivity index is 2.29. The van der Waals surface area contributed by atoms with E-state index in [0.717, 1.165) is 29.7 Å². The van der Waals surface area contributed by atoms with Crippen LogP contribution in [0.3, 0.4) is 0 Å². The van der Waals surface area contributed by atoms with Crippen molar-refractivity contribution in [1.82, 2.24) is 4.98 Å². The van der Waals surface area contributed by atoms with Crippen LogP contribution in [0.2, 0.25) is 0 Å². The van der Waals surface area contributed by atoms with Crippen LogP contribution in [-0.4, -0.2) is 10.1 Å². The average molecular weight is 239 g/mol. The minimum atomic E-state index is -0.941. The largest absolute Gasteiger partial charge is 0.379 e. The number of aliphatic hydroxyl groups is 1. The van der Waals surface area contributed by atoms with Gasteiger partial charge >= 0.3 is 0 Å². The number of aromatic nitrogens is 1. The van der Waals surface area contributed by atoms with E-state index in [1.165, 1.54) is 5.56 Å². The molecule has 0 fully saturated rings. The molecule has 0 bridgehead atoms. The van der Waals surface area contributed by atoms with Gasteiger partial charge in [-0.25, -0.2) is 0 Å². The Bertz CT molecular complexity index is 529. The van der Waals surface area contributed by atoms with Crippen molar-refractivity contribution < 1.29 is 5.11 Å². The molecule has 18 heavy (non-hydrogen) atoms. The summed E-state index contributed by atoms with van der Waals surface area (Å²) < 4.78 is 0. The third-order valence-electron chi connectivity index (χ3n) is 3.92. The number of aryl methyl sites for hydroxylation is 2. The van der Waals surface area contributed by atoms with E-state index >= 15 is 0 Å². The highest BCUT2D eigenvalue weighted by molar-refractivity contribution is 5.44. The summed E-state index contributed by atoms with van der Waals surface area (Å²) in [6, 6.07) is 12.2. The molecule has 1 aliphatic carbocycles. The molecule has 0 unspecified atom stereocenters. The zero-order chi connectivity index (χ0) is 12.6. The highest BCUT2D eigenvalue weighted by atomic mass is 16.3. The molecule has 0 spiro atoms. The fraction of sp³-hybridized carbons (Fsp3) is 0.312. The van der Waals surface area contributed by atoms with Gasteiger partial charge in [0.25, 0.3) is 0 Å². The van der Waals surface area contributed by atoms with Gasteiger partial charge < -0.3 is 5.11 Å². The Morgan fingerprint density at radius 2 is 1.83 bits per heavy atom. The molecule has 0 radical (unpaired) electrons. The lowest BCUT2D eigenvalue weighted by Crippen LogP contribution is -2.28. The Kier molecular flexibility index (Phi) is 2.67. The van der Waals surface area contributed by atoms with Crippen molar-refractivity contribution in [2.75, 3.05) is 0 Å². The second-order valence-corrected chi connectivity index (χ2v) is 4.88. The lowest BCUT2D eigenvalue weighted by Gasteiger charge is -2.28. The van der Waals surface area contributed by atoms with Crippen molar-refractivity contribution in [1.29, 1.82) is 0 Å². The van der Waals surface area contributed by atoms with E-state index in [4.69, 9.17) is 0 Å². The van der Waals surface area contributed by atoms with Gasteiger partial charge in [-0.1, -0.05) is 37.3 Å². The number of hydrogen-bond acceptors (Lipinski definition) is 2. The molecule has 92 valence electrons. The van der Waals surface area contributed by atoms with Gasteiger partial charge in [-0.3, -0.25) is 4.98 Å². The Morgan fingerprint density at radius 3 is 2.67 bits per heavy atom. The minimum Gasteiger partial charge on any atom is -0.379 e. The topological polar surface area (TPSA) is 33.1 Å². The molecule has 0 aliphatic heterocycles. The molecule has 0 saturated heterocycles. The zero-order valence-electron chi connectivity index (χ0n) is 10.6. The zero-order valence-corrected chi connectivity index (χ0v) is 10.6. The molecule has 1 atom stereocenters. The summed E-state index contributed by atoms with van der Waals surface area (Å²) in [7, 11) is 0. The molecule has 1 aliphatic rings. The smallest absolute Gasteiger partial charge is 0.132 e. The normalized spacial score (nSPS) is 21.9. The number of nitrogens with zero attached hydrogens (tertiary/aromatic N) is 1. The van der Waals surface area contributed by atoms with E-state index in [1.54, 1.807) is 6.20 Å². The molecule has 0 saturated carbocycles. The van der Waals surface area contributed by atoms with Crippen molar-refractivity contribution in [2.45, 2.75) is 31.8 Å². The maximum atomic E-state index is 11.1. The lowest BCUT2D eigenvalue weighted by molar-refractivity contribution is 0.0712. The summed E-state index contributed by atoms with van der Waals surface area (Å²) in [5.74, 6) is 0. The van der Waals surface area contributed by atoms with Gasteiger partial charge in [0.05, 0.1) is 5.69 Å². The molecule has 1 N–H and O–H groups in total. The van der Waals surface area contributed by atoms with Crippen LogP contribution in [0.1, 0.15) is 35.7 Å². The highest BCUT2D eigenvalue weighted by Crippen LogP contribution is 2.38. The van der Waals surface area contributed by atoms with E-state index in [2.05, 4.69) is 17.1 Å². The van der Waals surface area contributed by atoms with Gasteiger partial charge in [0.2, 0.25) is 0 Å². The maximum absolute atomic E-state index is 11.1. The Hall–Kier alpha value is -1.67. The third-order valence-corrected chi connectivity index (χ3v) is 3.92. The summed E-state index contributed by atoms with van der Waals surface area (Å²) in [5, 5.41) is 11.1. The number of pyridine rings is 1. The van der Waals surface area contributed by atoms with Gasteiger partial charge in [-0.05, 0) is 42.0 Å². The number of fused-ring (bicyclic) bond motifs is 2. The van der Waals surface area contributed by atoms with Crippen molar-refractivity contribution in [3.63, 3.8) is 0 Å². The SMILES string of the molecule is CC[C@@]1(O)c2ccccc2CCc2cccnc21. The average Bonchev–Trinajstić information content (AvgIpc) is 2.56. The fourth-order valence-electron chi connectivity index (χ4n) is 2.91. The van der Waals surface area contributed by atoms with Crippen LogP contribution in [0.25, 0.3) is 0 Å². The quantitative estimate of drug-likeness (QED) is 0.830. The molecule has 0 amide bonds. The monoisotopic (exact) mass is 239 g/mol. The van der Waals surface area contributed by atoms with Crippen LogP contribution in [-0.2, 0) is 18.4 Å². The first-order valence-electron chi connectivity index (χ1n) is 6.51. The molecule has 3 rings (SSSR count). The van der Waals surface area contributed by atoms with Gasteiger partial charge in [-0.2, -0.15) is 0 Å². The van der Waals surface area contributed by atoms with Crippen LogP contribution in [0.15, 0.2) is 42.6 Å². The van der Waals surface area contributed by atoms with E-state index < -0.39 is 5.60 Å². The van der Waals surface area contributed by atoms with Crippen molar-refractivity contribution in [2.24, 2.45) is 0 Å². The predicted molar refractivity (Wildman–Crippen MR) is 71.4 cm³/mol. The van der Waals surface area contributed by atoms with Crippen molar-refractivity contribution in [3.05, 3.63) is 65.0 Å². The molecule has 1 aromatic heterocycles. The van der Waals surface area contributed by atoms with Gasteiger partial charge in [0.15, 0.2) is 0 Å². The van der Waals surface area contributed by atoms with Crippen molar-refractivity contribution >= 4 is 0 Å². The maximum Gasteiger partial charge on any atom is 0.132 e. The summed E-state index contributed by atoms with van der Waals surface area (Å²) in [5.41, 5.74) is 3.31. The van der Waals surface area contributed by atoms with Crippen LogP contribution in [0.4, 0.5) is 0 Å². The van der Waals surface area contributed by atoms with Crippen LogP contribution >= 0.6 is 0 Å². The summed E-state index contributed by atoms with van der Waals surface area (Å²) in [4.78, 5) is 4.45. The number of rotatable bonds is 1. The molecule has 1 aromatic carbocycles. The number of benzene rings is 1. The predicted octanol–water partition coefficient (Wildman–Crippen LogP) is 2.83. The van der Waals surface area contributed by atoms with Crippen LogP contribution in [0.5, 0.6) is 0 Å². The minimum absolute atomic E-state index is 0.647. The van der Waals surface area contributed by atoms with Gasteiger partial charge in [0.1, 0.15) is 5.60 Å². The lowest BCUT2D eigenvalue weighted by atomic mass is 9.85. The molecular weight excluding hydrogens is 222 g/mol. The fourth-order valence-corrected chi connectivity index (χ4v) is 2.91. The first-order chi connectivity index (χ1) is 8.75. The van der Waals surface area contributed by atoms with Crippen LogP contribution in [0, 0.1) is 0 Å². The Morgan fingerprint density at radius 1 is 1.11 bits per heavy atom. The summed E-state index contributed by atoms with van der Waals surface area (Å²) in [6.45, 7) is 2.01. The molecule has 2 nitrogen and oxygen atoms in total. The molecule has 1 heterocycles. The summed E-state index contributed by atoms with van der Waals surface area (Å²) in [6.07, 6.45) is 4.33. The second-order valence-electron chi connectivity index (χ2n) is 4.88. The van der Waals surface area contributed by atoms with Gasteiger partial charge in [-0.15, -0.1) is 0 Å². The number of hydrogen-bond donors (Lipinski definition) is 1. The van der Waals surface area contributed by atoms with E-state index in [0.29, 0.717) is 6.42 Å². The molecule has 2 heteroatoms.